The highest BCUT2D eigenvalue weighted by atomic mass is 35.5. The van der Waals surface area contributed by atoms with Gasteiger partial charge in [-0.25, -0.2) is 0 Å². The molecular weight excluding hydrogens is 454 g/mol. The minimum Gasteiger partial charge on any atom is -0.361 e. The Morgan fingerprint density at radius 2 is 1.76 bits per heavy atom. The number of aromatic amines is 1. The zero-order valence-electron chi connectivity index (χ0n) is 18.1. The summed E-state index contributed by atoms with van der Waals surface area (Å²) >= 11 is 7.38. The predicted molar refractivity (Wildman–Crippen MR) is 137 cm³/mol. The highest BCUT2D eigenvalue weighted by molar-refractivity contribution is 8.00. The number of amides is 2. The number of H-pyrrole nitrogens is 1. The summed E-state index contributed by atoms with van der Waals surface area (Å²) in [6.07, 6.45) is 2.82. The maximum Gasteiger partial charge on any atom is 0.237 e. The number of carbonyl (C=O) groups is 2. The van der Waals surface area contributed by atoms with Crippen molar-refractivity contribution in [2.75, 3.05) is 10.6 Å². The van der Waals surface area contributed by atoms with Gasteiger partial charge in [0.05, 0.1) is 11.7 Å². The molecule has 3 N–H and O–H groups in total. The first-order valence-corrected chi connectivity index (χ1v) is 11.9. The first kappa shape index (κ1) is 23.0. The number of rotatable bonds is 8. The molecule has 5 nitrogen and oxygen atoms in total. The van der Waals surface area contributed by atoms with Gasteiger partial charge in [-0.15, -0.1) is 11.8 Å². The lowest BCUT2D eigenvalue weighted by molar-refractivity contribution is -0.116. The Hall–Kier alpha value is -3.22. The zero-order chi connectivity index (χ0) is 23.2. The molecule has 168 valence electrons. The Balaban J connectivity index is 1.37. The van der Waals surface area contributed by atoms with Crippen LogP contribution < -0.4 is 10.6 Å². The summed E-state index contributed by atoms with van der Waals surface area (Å²) in [5, 5.41) is 7.43. The molecule has 4 aromatic rings. The van der Waals surface area contributed by atoms with Crippen LogP contribution >= 0.6 is 23.4 Å². The molecule has 3 aromatic carbocycles. The molecule has 4 rings (SSSR count). The van der Waals surface area contributed by atoms with Crippen LogP contribution in [0.1, 0.15) is 18.9 Å². The highest BCUT2D eigenvalue weighted by Crippen LogP contribution is 2.29. The number of aromatic nitrogens is 1. The molecule has 0 saturated carbocycles. The number of fused-ring (bicyclic) bond motifs is 1. The number of anilines is 2. The lowest BCUT2D eigenvalue weighted by Crippen LogP contribution is -2.24. The summed E-state index contributed by atoms with van der Waals surface area (Å²) in [6.45, 7) is 1.99. The third-order valence-corrected chi connectivity index (χ3v) is 6.77. The molecule has 0 aliphatic heterocycles. The van der Waals surface area contributed by atoms with E-state index < -0.39 is 0 Å². The van der Waals surface area contributed by atoms with Crippen LogP contribution in [0.2, 0.25) is 5.02 Å². The predicted octanol–water partition coefficient (Wildman–Crippen LogP) is 6.51. The van der Waals surface area contributed by atoms with Crippen LogP contribution in [0.25, 0.3) is 10.9 Å². The number of thioether (sulfide) groups is 1. The molecule has 33 heavy (non-hydrogen) atoms. The monoisotopic (exact) mass is 477 g/mol. The van der Waals surface area contributed by atoms with Crippen LogP contribution in [0.15, 0.2) is 83.9 Å². The van der Waals surface area contributed by atoms with Crippen molar-refractivity contribution in [2.24, 2.45) is 0 Å². The van der Waals surface area contributed by atoms with Crippen molar-refractivity contribution in [3.8, 4) is 0 Å². The largest absolute Gasteiger partial charge is 0.361 e. The molecule has 0 aliphatic carbocycles. The Labute approximate surface area is 201 Å². The van der Waals surface area contributed by atoms with E-state index in [0.29, 0.717) is 17.1 Å². The van der Waals surface area contributed by atoms with E-state index in [9.17, 15) is 9.59 Å². The van der Waals surface area contributed by atoms with Crippen molar-refractivity contribution in [1.82, 2.24) is 4.98 Å². The SMILES string of the molecule is CCC(Sc1cccc(NC(=O)Cc2ccc(Cl)cc2)c1)C(=O)Nc1ccc2cc[nH]c2c1. The fourth-order valence-electron chi connectivity index (χ4n) is 3.47. The average Bonchev–Trinajstić information content (AvgIpc) is 3.27. The summed E-state index contributed by atoms with van der Waals surface area (Å²) in [5.41, 5.74) is 3.34. The number of hydrogen-bond donors (Lipinski definition) is 3. The van der Waals surface area contributed by atoms with Crippen molar-refractivity contribution in [3.63, 3.8) is 0 Å². The van der Waals surface area contributed by atoms with E-state index >= 15 is 0 Å². The molecule has 0 spiro atoms. The molecule has 0 saturated heterocycles. The molecule has 0 radical (unpaired) electrons. The van der Waals surface area contributed by atoms with Gasteiger partial charge in [0.2, 0.25) is 11.8 Å². The average molecular weight is 478 g/mol. The van der Waals surface area contributed by atoms with E-state index in [0.717, 1.165) is 27.0 Å². The van der Waals surface area contributed by atoms with Crippen molar-refractivity contribution in [2.45, 2.75) is 29.9 Å². The van der Waals surface area contributed by atoms with Gasteiger partial charge in [0.25, 0.3) is 0 Å². The molecule has 1 heterocycles. The minimum atomic E-state index is -0.260. The molecular formula is C26H24ClN3O2S. The van der Waals surface area contributed by atoms with Crippen LogP contribution in [-0.4, -0.2) is 22.0 Å². The number of hydrogen-bond acceptors (Lipinski definition) is 3. The van der Waals surface area contributed by atoms with Crippen LogP contribution in [0, 0.1) is 0 Å². The van der Waals surface area contributed by atoms with Gasteiger partial charge in [0, 0.05) is 33.0 Å². The normalized spacial score (nSPS) is 11.8. The van der Waals surface area contributed by atoms with Gasteiger partial charge in [0.15, 0.2) is 0 Å². The third kappa shape index (κ3) is 6.18. The fraction of sp³-hybridized carbons (Fsp3) is 0.154. The van der Waals surface area contributed by atoms with E-state index in [-0.39, 0.29) is 23.5 Å². The van der Waals surface area contributed by atoms with E-state index in [1.165, 1.54) is 11.8 Å². The molecule has 2 amide bonds. The van der Waals surface area contributed by atoms with Gasteiger partial charge in [0.1, 0.15) is 0 Å². The Morgan fingerprint density at radius 3 is 2.55 bits per heavy atom. The Bertz CT molecular complexity index is 1270. The number of nitrogens with one attached hydrogen (secondary N) is 3. The van der Waals surface area contributed by atoms with Crippen molar-refractivity contribution in [1.29, 1.82) is 0 Å². The van der Waals surface area contributed by atoms with Gasteiger partial charge in [-0.1, -0.05) is 42.8 Å². The second-order valence-electron chi connectivity index (χ2n) is 7.66. The molecule has 0 aliphatic rings. The first-order chi connectivity index (χ1) is 16.0. The summed E-state index contributed by atoms with van der Waals surface area (Å²) in [6, 6.07) is 22.6. The van der Waals surface area contributed by atoms with Crippen LogP contribution in [0.5, 0.6) is 0 Å². The Kier molecular flexibility index (Phi) is 7.37. The molecule has 1 aromatic heterocycles. The minimum absolute atomic E-state index is 0.0504. The van der Waals surface area contributed by atoms with Gasteiger partial charge >= 0.3 is 0 Å². The quantitative estimate of drug-likeness (QED) is 0.253. The van der Waals surface area contributed by atoms with Crippen molar-refractivity contribution in [3.05, 3.63) is 89.6 Å². The zero-order valence-corrected chi connectivity index (χ0v) is 19.7. The molecule has 1 unspecified atom stereocenters. The highest BCUT2D eigenvalue weighted by Gasteiger charge is 2.18. The lowest BCUT2D eigenvalue weighted by Gasteiger charge is -2.15. The summed E-state index contributed by atoms with van der Waals surface area (Å²) < 4.78 is 0. The van der Waals surface area contributed by atoms with Gasteiger partial charge in [-0.3, -0.25) is 9.59 Å². The number of benzene rings is 3. The molecule has 0 fully saturated rings. The maximum atomic E-state index is 12.9. The number of halogens is 1. The van der Waals surface area contributed by atoms with Crippen LogP contribution in [0.3, 0.4) is 0 Å². The van der Waals surface area contributed by atoms with Crippen molar-refractivity contribution >= 4 is 57.5 Å². The second kappa shape index (κ2) is 10.6. The summed E-state index contributed by atoms with van der Waals surface area (Å²) in [4.78, 5) is 29.4. The van der Waals surface area contributed by atoms with E-state index in [1.54, 1.807) is 12.1 Å². The van der Waals surface area contributed by atoms with Gasteiger partial charge < -0.3 is 15.6 Å². The summed E-state index contributed by atoms with van der Waals surface area (Å²) in [5.74, 6) is -0.158. The maximum absolute atomic E-state index is 12.9. The number of carbonyl (C=O) groups excluding carboxylic acids is 2. The second-order valence-corrected chi connectivity index (χ2v) is 9.38. The molecule has 1 atom stereocenters. The van der Waals surface area contributed by atoms with E-state index in [2.05, 4.69) is 15.6 Å². The van der Waals surface area contributed by atoms with E-state index in [4.69, 9.17) is 11.6 Å². The summed E-state index contributed by atoms with van der Waals surface area (Å²) in [7, 11) is 0. The van der Waals surface area contributed by atoms with Gasteiger partial charge in [-0.2, -0.15) is 0 Å². The van der Waals surface area contributed by atoms with E-state index in [1.807, 2.05) is 73.8 Å². The van der Waals surface area contributed by atoms with Gasteiger partial charge in [-0.05, 0) is 65.9 Å². The smallest absolute Gasteiger partial charge is 0.237 e. The molecule has 0 bridgehead atoms. The third-order valence-electron chi connectivity index (χ3n) is 5.16. The molecule has 7 heteroatoms. The van der Waals surface area contributed by atoms with Crippen LogP contribution in [0.4, 0.5) is 11.4 Å². The lowest BCUT2D eigenvalue weighted by atomic mass is 10.1. The van der Waals surface area contributed by atoms with Crippen LogP contribution in [-0.2, 0) is 16.0 Å². The Morgan fingerprint density at radius 1 is 0.970 bits per heavy atom. The standard InChI is InChI=1S/C26H24ClN3O2S/c1-2-24(26(32)30-21-11-8-18-12-13-28-23(18)16-21)33-22-5-3-4-20(15-22)29-25(31)14-17-6-9-19(27)10-7-17/h3-13,15-16,24,28H,2,14H2,1H3,(H,29,31)(H,30,32). The topological polar surface area (TPSA) is 74.0 Å². The first-order valence-electron chi connectivity index (χ1n) is 10.7. The fourth-order valence-corrected chi connectivity index (χ4v) is 4.61. The van der Waals surface area contributed by atoms with Crippen molar-refractivity contribution < 1.29 is 9.59 Å².